The molecule has 0 spiro atoms. The number of rotatable bonds is 6. The van der Waals surface area contributed by atoms with Gasteiger partial charge in [0.1, 0.15) is 6.61 Å². The van der Waals surface area contributed by atoms with E-state index in [2.05, 4.69) is 35.6 Å². The molecule has 0 saturated carbocycles. The fraction of sp³-hybridized carbons (Fsp3) is 0.190. The van der Waals surface area contributed by atoms with E-state index >= 15 is 0 Å². The number of ether oxygens (including phenoxy) is 1. The molecule has 2 aromatic rings. The quantitative estimate of drug-likeness (QED) is 0.488. The molecule has 3 rings (SSSR count). The molecule has 1 aliphatic rings. The summed E-state index contributed by atoms with van der Waals surface area (Å²) in [5.41, 5.74) is 2.65. The van der Waals surface area contributed by atoms with Gasteiger partial charge in [-0.3, -0.25) is 4.79 Å². The number of terminal acetylenes is 1. The van der Waals surface area contributed by atoms with Crippen LogP contribution in [0.3, 0.4) is 0 Å². The van der Waals surface area contributed by atoms with Crippen LogP contribution in [0.2, 0.25) is 10.0 Å². The van der Waals surface area contributed by atoms with Crippen molar-refractivity contribution in [1.29, 1.82) is 0 Å². The molecule has 1 atom stereocenters. The highest BCUT2D eigenvalue weighted by molar-refractivity contribution is 8.05. The van der Waals surface area contributed by atoms with E-state index in [9.17, 15) is 4.79 Å². The summed E-state index contributed by atoms with van der Waals surface area (Å²) in [5, 5.41) is 6.87. The second kappa shape index (κ2) is 9.29. The van der Waals surface area contributed by atoms with Gasteiger partial charge in [0.15, 0.2) is 11.2 Å². The topological polar surface area (TPSA) is 50.4 Å². The Kier molecular flexibility index (Phi) is 6.79. The Morgan fingerprint density at radius 3 is 2.57 bits per heavy atom. The van der Waals surface area contributed by atoms with Crippen LogP contribution in [-0.4, -0.2) is 18.0 Å². The Hall–Kier alpha value is -2.26. The highest BCUT2D eigenvalue weighted by Crippen LogP contribution is 2.36. The first-order valence-electron chi connectivity index (χ1n) is 8.60. The summed E-state index contributed by atoms with van der Waals surface area (Å²) < 4.78 is 5.35. The molecule has 1 saturated heterocycles. The number of carbonyl (C=O) groups excluding carboxylic acids is 1. The van der Waals surface area contributed by atoms with Crippen molar-refractivity contribution in [3.8, 4) is 18.1 Å². The standard InChI is InChI=1S/C21H18Cl2N2O2S/c1-3-9-27-19-16(22)10-14(11-17(19)23)12-18-20(26)25-21(28-18)24-15-7-5-13(4-2)6-8-15/h1,5-8,10-12,21,24H,4,9H2,2H3,(H,25,26)/b18-12-/t21-/m1/s1. The third-order valence-electron chi connectivity index (χ3n) is 4.01. The van der Waals surface area contributed by atoms with E-state index in [-0.39, 0.29) is 18.0 Å². The minimum absolute atomic E-state index is 0.0741. The van der Waals surface area contributed by atoms with Gasteiger partial charge in [-0.15, -0.1) is 6.42 Å². The van der Waals surface area contributed by atoms with E-state index in [1.807, 2.05) is 12.1 Å². The van der Waals surface area contributed by atoms with Gasteiger partial charge in [0.05, 0.1) is 15.0 Å². The van der Waals surface area contributed by atoms with Crippen molar-refractivity contribution in [2.45, 2.75) is 18.8 Å². The van der Waals surface area contributed by atoms with Crippen molar-refractivity contribution in [3.63, 3.8) is 0 Å². The van der Waals surface area contributed by atoms with E-state index in [1.165, 1.54) is 17.3 Å². The first kappa shape index (κ1) is 20.5. The van der Waals surface area contributed by atoms with E-state index in [4.69, 9.17) is 34.4 Å². The van der Waals surface area contributed by atoms with E-state index in [0.717, 1.165) is 12.1 Å². The number of aryl methyl sites for hydroxylation is 1. The lowest BCUT2D eigenvalue weighted by Crippen LogP contribution is -2.30. The Balaban J connectivity index is 1.72. The molecule has 2 aromatic carbocycles. The largest absolute Gasteiger partial charge is 0.478 e. The molecule has 0 aliphatic carbocycles. The van der Waals surface area contributed by atoms with Gasteiger partial charge in [0, 0.05) is 5.69 Å². The van der Waals surface area contributed by atoms with Gasteiger partial charge in [-0.25, -0.2) is 0 Å². The van der Waals surface area contributed by atoms with Gasteiger partial charge in [-0.1, -0.05) is 59.9 Å². The zero-order valence-corrected chi connectivity index (χ0v) is 17.4. The molecule has 7 heteroatoms. The lowest BCUT2D eigenvalue weighted by atomic mass is 10.1. The number of carbonyl (C=O) groups is 1. The zero-order valence-electron chi connectivity index (χ0n) is 15.1. The first-order valence-corrected chi connectivity index (χ1v) is 10.2. The van der Waals surface area contributed by atoms with Crippen LogP contribution in [0.15, 0.2) is 41.3 Å². The minimum atomic E-state index is -0.254. The van der Waals surface area contributed by atoms with Crippen LogP contribution in [0.25, 0.3) is 6.08 Å². The second-order valence-corrected chi connectivity index (χ2v) is 7.94. The van der Waals surface area contributed by atoms with Crippen molar-refractivity contribution in [2.24, 2.45) is 0 Å². The van der Waals surface area contributed by atoms with Crippen LogP contribution in [0.5, 0.6) is 5.75 Å². The maximum atomic E-state index is 12.3. The Morgan fingerprint density at radius 1 is 1.29 bits per heavy atom. The number of thioether (sulfide) groups is 1. The number of hydrogen-bond acceptors (Lipinski definition) is 4. The average molecular weight is 433 g/mol. The molecule has 4 nitrogen and oxygen atoms in total. The van der Waals surface area contributed by atoms with Crippen molar-refractivity contribution in [3.05, 3.63) is 62.5 Å². The molecule has 2 N–H and O–H groups in total. The fourth-order valence-corrected chi connectivity index (χ4v) is 4.22. The molecule has 1 amide bonds. The number of halogens is 2. The number of amides is 1. The summed E-state index contributed by atoms with van der Waals surface area (Å²) in [7, 11) is 0. The Bertz CT molecular complexity index is 929. The first-order chi connectivity index (χ1) is 13.5. The SMILES string of the molecule is C#CCOc1c(Cl)cc(/C=C2\S[C@H](Nc3ccc(CC)cc3)NC2=O)cc1Cl. The predicted octanol–water partition coefficient (Wildman–Crippen LogP) is 5.17. The number of benzene rings is 2. The second-order valence-electron chi connectivity index (χ2n) is 5.98. The van der Waals surface area contributed by atoms with Crippen LogP contribution in [0.1, 0.15) is 18.1 Å². The van der Waals surface area contributed by atoms with Gasteiger partial charge < -0.3 is 15.4 Å². The fourth-order valence-electron chi connectivity index (χ4n) is 2.62. The van der Waals surface area contributed by atoms with E-state index in [0.29, 0.717) is 26.3 Å². The molecule has 1 aliphatic heterocycles. The maximum absolute atomic E-state index is 12.3. The maximum Gasteiger partial charge on any atom is 0.260 e. The van der Waals surface area contributed by atoms with Gasteiger partial charge in [-0.2, -0.15) is 0 Å². The smallest absolute Gasteiger partial charge is 0.260 e. The summed E-state index contributed by atoms with van der Waals surface area (Å²) in [6.45, 7) is 2.18. The lowest BCUT2D eigenvalue weighted by molar-refractivity contribution is -0.116. The summed E-state index contributed by atoms with van der Waals surface area (Å²) in [6.07, 6.45) is 7.92. The summed E-state index contributed by atoms with van der Waals surface area (Å²) in [5.74, 6) is 2.54. The van der Waals surface area contributed by atoms with Crippen LogP contribution in [0.4, 0.5) is 5.69 Å². The van der Waals surface area contributed by atoms with Crippen LogP contribution in [-0.2, 0) is 11.2 Å². The number of nitrogens with one attached hydrogen (secondary N) is 2. The molecule has 0 radical (unpaired) electrons. The van der Waals surface area contributed by atoms with E-state index in [1.54, 1.807) is 18.2 Å². The van der Waals surface area contributed by atoms with Crippen LogP contribution < -0.4 is 15.4 Å². The van der Waals surface area contributed by atoms with Crippen molar-refractivity contribution in [2.75, 3.05) is 11.9 Å². The highest BCUT2D eigenvalue weighted by atomic mass is 35.5. The molecule has 1 fully saturated rings. The lowest BCUT2D eigenvalue weighted by Gasteiger charge is -2.13. The van der Waals surface area contributed by atoms with Gasteiger partial charge in [0.25, 0.3) is 5.91 Å². The van der Waals surface area contributed by atoms with Gasteiger partial charge >= 0.3 is 0 Å². The highest BCUT2D eigenvalue weighted by Gasteiger charge is 2.27. The molecule has 0 bridgehead atoms. The molecular formula is C21H18Cl2N2O2S. The zero-order chi connectivity index (χ0) is 20.1. The number of anilines is 1. The average Bonchev–Trinajstić information content (AvgIpc) is 3.00. The van der Waals surface area contributed by atoms with E-state index < -0.39 is 0 Å². The normalized spacial score (nSPS) is 17.3. The molecular weight excluding hydrogens is 415 g/mol. The summed E-state index contributed by atoms with van der Waals surface area (Å²) in [6, 6.07) is 11.5. The van der Waals surface area contributed by atoms with Crippen molar-refractivity contribution < 1.29 is 9.53 Å². The Morgan fingerprint density at radius 2 is 1.96 bits per heavy atom. The summed E-state index contributed by atoms with van der Waals surface area (Å²) in [4.78, 5) is 12.9. The molecule has 1 heterocycles. The van der Waals surface area contributed by atoms with Crippen LogP contribution in [0, 0.1) is 12.3 Å². The molecule has 28 heavy (non-hydrogen) atoms. The third kappa shape index (κ3) is 4.96. The molecule has 0 unspecified atom stereocenters. The molecule has 144 valence electrons. The predicted molar refractivity (Wildman–Crippen MR) is 118 cm³/mol. The monoisotopic (exact) mass is 432 g/mol. The minimum Gasteiger partial charge on any atom is -0.478 e. The number of hydrogen-bond donors (Lipinski definition) is 2. The molecule has 0 aromatic heterocycles. The third-order valence-corrected chi connectivity index (χ3v) is 5.60. The Labute approximate surface area is 178 Å². The van der Waals surface area contributed by atoms with Gasteiger partial charge in [0.2, 0.25) is 0 Å². The van der Waals surface area contributed by atoms with Gasteiger partial charge in [-0.05, 0) is 47.9 Å². The summed E-state index contributed by atoms with van der Waals surface area (Å²) >= 11 is 13.8. The van der Waals surface area contributed by atoms with Crippen molar-refractivity contribution in [1.82, 2.24) is 5.32 Å². The van der Waals surface area contributed by atoms with Crippen molar-refractivity contribution >= 4 is 52.6 Å². The van der Waals surface area contributed by atoms with Crippen LogP contribution >= 0.6 is 35.0 Å².